The lowest BCUT2D eigenvalue weighted by Gasteiger charge is -2.24. The molecule has 0 heterocycles. The number of hydrogen-bond acceptors (Lipinski definition) is 3. The van der Waals surface area contributed by atoms with Crippen LogP contribution in [0.1, 0.15) is 32.8 Å². The van der Waals surface area contributed by atoms with Crippen molar-refractivity contribution in [2.75, 3.05) is 13.1 Å². The molecule has 1 amide bonds. The Bertz CT molecular complexity index is 443. The molecular weight excluding hydrogens is 280 g/mol. The molecule has 0 aliphatic carbocycles. The fraction of sp³-hybridized carbons (Fsp3) is 0.588. The van der Waals surface area contributed by atoms with Crippen molar-refractivity contribution in [1.29, 1.82) is 0 Å². The van der Waals surface area contributed by atoms with Crippen LogP contribution in [0.3, 0.4) is 0 Å². The van der Waals surface area contributed by atoms with Crippen molar-refractivity contribution in [2.24, 2.45) is 5.41 Å². The Hall–Kier alpha value is -1.59. The van der Waals surface area contributed by atoms with E-state index in [1.165, 1.54) is 0 Å². The molecule has 22 heavy (non-hydrogen) atoms. The van der Waals surface area contributed by atoms with Crippen LogP contribution in [0.15, 0.2) is 30.3 Å². The lowest BCUT2D eigenvalue weighted by Crippen LogP contribution is -2.48. The number of hydrogen-bond donors (Lipinski definition) is 4. The molecule has 0 bridgehead atoms. The van der Waals surface area contributed by atoms with Crippen molar-refractivity contribution < 1.29 is 15.0 Å². The summed E-state index contributed by atoms with van der Waals surface area (Å²) in [5.74, 6) is 0. The molecule has 1 rings (SSSR count). The van der Waals surface area contributed by atoms with Gasteiger partial charge < -0.3 is 20.8 Å². The van der Waals surface area contributed by atoms with Crippen LogP contribution in [-0.4, -0.2) is 41.5 Å². The zero-order valence-electron chi connectivity index (χ0n) is 13.7. The maximum Gasteiger partial charge on any atom is 0.404 e. The Labute approximate surface area is 132 Å². The molecule has 4 N–H and O–H groups in total. The second kappa shape index (κ2) is 8.76. The minimum Gasteiger partial charge on any atom is -0.465 e. The van der Waals surface area contributed by atoms with Gasteiger partial charge >= 0.3 is 6.09 Å². The Morgan fingerprint density at radius 3 is 2.41 bits per heavy atom. The van der Waals surface area contributed by atoms with Gasteiger partial charge in [-0.3, -0.25) is 0 Å². The molecule has 124 valence electrons. The quantitative estimate of drug-likeness (QED) is 0.555. The predicted molar refractivity (Wildman–Crippen MR) is 88.0 cm³/mol. The molecule has 0 unspecified atom stereocenters. The average molecular weight is 308 g/mol. The summed E-state index contributed by atoms with van der Waals surface area (Å²) in [5, 5.41) is 24.8. The van der Waals surface area contributed by atoms with E-state index in [1.807, 2.05) is 30.3 Å². The Kier molecular flexibility index (Phi) is 7.35. The summed E-state index contributed by atoms with van der Waals surface area (Å²) in [7, 11) is 0. The van der Waals surface area contributed by atoms with Crippen molar-refractivity contribution in [3.8, 4) is 0 Å². The summed E-state index contributed by atoms with van der Waals surface area (Å²) in [4.78, 5) is 10.9. The topological polar surface area (TPSA) is 81.6 Å². The van der Waals surface area contributed by atoms with Gasteiger partial charge in [-0.1, -0.05) is 51.1 Å². The zero-order chi connectivity index (χ0) is 16.6. The lowest BCUT2D eigenvalue weighted by molar-refractivity contribution is 0.117. The van der Waals surface area contributed by atoms with Gasteiger partial charge in [0.2, 0.25) is 0 Å². The maximum atomic E-state index is 10.9. The Morgan fingerprint density at radius 1 is 1.23 bits per heavy atom. The number of nitrogens with one attached hydrogen (secondary N) is 2. The van der Waals surface area contributed by atoms with Gasteiger partial charge in [0.25, 0.3) is 0 Å². The van der Waals surface area contributed by atoms with Crippen LogP contribution in [0.4, 0.5) is 4.79 Å². The predicted octanol–water partition coefficient (Wildman–Crippen LogP) is 2.25. The highest BCUT2D eigenvalue weighted by Crippen LogP contribution is 2.16. The third-order valence-corrected chi connectivity index (χ3v) is 3.48. The first-order valence-corrected chi connectivity index (χ1v) is 7.70. The van der Waals surface area contributed by atoms with E-state index in [0.29, 0.717) is 13.0 Å². The van der Waals surface area contributed by atoms with E-state index >= 15 is 0 Å². The first-order chi connectivity index (χ1) is 10.3. The van der Waals surface area contributed by atoms with Gasteiger partial charge in [-0.15, -0.1) is 0 Å². The Balaban J connectivity index is 2.50. The number of carbonyl (C=O) groups is 1. The summed E-state index contributed by atoms with van der Waals surface area (Å²) in [6, 6.07) is 9.05. The molecule has 5 nitrogen and oxygen atoms in total. The van der Waals surface area contributed by atoms with Crippen LogP contribution in [0.25, 0.3) is 0 Å². The normalized spacial score (nSPS) is 14.4. The highest BCUT2D eigenvalue weighted by Gasteiger charge is 2.21. The van der Waals surface area contributed by atoms with Crippen LogP contribution >= 0.6 is 0 Å². The minimum atomic E-state index is -1.12. The first-order valence-electron chi connectivity index (χ1n) is 7.70. The first kappa shape index (κ1) is 18.5. The Morgan fingerprint density at radius 2 is 1.86 bits per heavy atom. The molecule has 1 aromatic carbocycles. The summed E-state index contributed by atoms with van der Waals surface area (Å²) >= 11 is 0. The van der Waals surface area contributed by atoms with Crippen molar-refractivity contribution in [2.45, 2.75) is 45.8 Å². The van der Waals surface area contributed by atoms with Crippen LogP contribution in [0.2, 0.25) is 0 Å². The summed E-state index contributed by atoms with van der Waals surface area (Å²) in [5.41, 5.74) is 1.23. The molecule has 0 fully saturated rings. The number of aliphatic hydroxyl groups is 1. The van der Waals surface area contributed by atoms with Crippen molar-refractivity contribution in [1.82, 2.24) is 10.6 Å². The van der Waals surface area contributed by atoms with Crippen LogP contribution in [0, 0.1) is 5.41 Å². The van der Waals surface area contributed by atoms with E-state index in [2.05, 4.69) is 31.4 Å². The molecule has 5 heteroatoms. The van der Waals surface area contributed by atoms with Gasteiger partial charge in [-0.2, -0.15) is 0 Å². The van der Waals surface area contributed by atoms with Crippen LogP contribution in [0.5, 0.6) is 0 Å². The fourth-order valence-corrected chi connectivity index (χ4v) is 2.17. The van der Waals surface area contributed by atoms with Gasteiger partial charge in [0, 0.05) is 6.54 Å². The van der Waals surface area contributed by atoms with E-state index in [1.54, 1.807) is 0 Å². The number of rotatable bonds is 8. The van der Waals surface area contributed by atoms with Gasteiger partial charge in [0.1, 0.15) is 0 Å². The maximum absolute atomic E-state index is 10.9. The zero-order valence-corrected chi connectivity index (χ0v) is 13.7. The van der Waals surface area contributed by atoms with Gasteiger partial charge in [-0.25, -0.2) is 4.79 Å². The molecule has 0 aliphatic heterocycles. The van der Waals surface area contributed by atoms with Gasteiger partial charge in [0.05, 0.1) is 12.1 Å². The largest absolute Gasteiger partial charge is 0.465 e. The smallest absolute Gasteiger partial charge is 0.404 e. The highest BCUT2D eigenvalue weighted by molar-refractivity contribution is 5.65. The van der Waals surface area contributed by atoms with E-state index < -0.39 is 18.2 Å². The number of aliphatic hydroxyl groups excluding tert-OH is 1. The molecule has 0 saturated heterocycles. The number of benzene rings is 1. The molecular formula is C17H28N2O3. The van der Waals surface area contributed by atoms with Crippen molar-refractivity contribution in [3.63, 3.8) is 0 Å². The summed E-state index contributed by atoms with van der Waals surface area (Å²) in [6.45, 7) is 7.65. The summed E-state index contributed by atoms with van der Waals surface area (Å²) < 4.78 is 0. The molecule has 0 radical (unpaired) electrons. The lowest BCUT2D eigenvalue weighted by atomic mass is 9.92. The van der Waals surface area contributed by atoms with E-state index in [-0.39, 0.29) is 5.41 Å². The third kappa shape index (κ3) is 8.00. The molecule has 1 aromatic rings. The molecule has 0 saturated carbocycles. The number of amides is 1. The van der Waals surface area contributed by atoms with E-state index in [4.69, 9.17) is 5.11 Å². The highest BCUT2D eigenvalue weighted by atomic mass is 16.4. The molecule has 0 spiro atoms. The van der Waals surface area contributed by atoms with Crippen molar-refractivity contribution >= 4 is 6.09 Å². The minimum absolute atomic E-state index is 0.237. The molecule has 0 aliphatic rings. The SMILES string of the molecule is CC(C)(C)CCNC[C@H](O)[C@H](Cc1ccccc1)NC(=O)O. The number of carboxylic acid groups (broad SMARTS) is 1. The van der Waals surface area contributed by atoms with Crippen molar-refractivity contribution in [3.05, 3.63) is 35.9 Å². The second-order valence-corrected chi connectivity index (χ2v) is 6.83. The average Bonchev–Trinajstić information content (AvgIpc) is 2.42. The monoisotopic (exact) mass is 308 g/mol. The van der Waals surface area contributed by atoms with E-state index in [9.17, 15) is 9.90 Å². The molecule has 0 aromatic heterocycles. The van der Waals surface area contributed by atoms with Gasteiger partial charge in [-0.05, 0) is 30.4 Å². The van der Waals surface area contributed by atoms with E-state index in [0.717, 1.165) is 18.5 Å². The third-order valence-electron chi connectivity index (χ3n) is 3.48. The van der Waals surface area contributed by atoms with Gasteiger partial charge in [0.15, 0.2) is 0 Å². The summed E-state index contributed by atoms with van der Waals surface area (Å²) in [6.07, 6.45) is -0.420. The standard InChI is InChI=1S/C17H28N2O3/c1-17(2,3)9-10-18-12-15(20)14(19-16(21)22)11-13-7-5-4-6-8-13/h4-8,14-15,18-20H,9-12H2,1-3H3,(H,21,22)/t14-,15-/m0/s1. The fourth-order valence-electron chi connectivity index (χ4n) is 2.17. The molecule has 2 atom stereocenters. The second-order valence-electron chi connectivity index (χ2n) is 6.83. The van der Waals surface area contributed by atoms with Crippen LogP contribution in [-0.2, 0) is 6.42 Å². The van der Waals surface area contributed by atoms with Crippen LogP contribution < -0.4 is 10.6 Å².